The minimum absolute atomic E-state index is 0.0543. The summed E-state index contributed by atoms with van der Waals surface area (Å²) >= 11 is 0. The topological polar surface area (TPSA) is 129 Å². The van der Waals surface area contributed by atoms with E-state index in [1.807, 2.05) is 12.1 Å². The smallest absolute Gasteiger partial charge is 0.255 e. The zero-order valence-electron chi connectivity index (χ0n) is 18.7. The molecule has 0 saturated carbocycles. The molecule has 6 rings (SSSR count). The van der Waals surface area contributed by atoms with Crippen LogP contribution in [-0.2, 0) is 6.42 Å². The van der Waals surface area contributed by atoms with Crippen molar-refractivity contribution in [3.8, 4) is 22.8 Å². The van der Waals surface area contributed by atoms with Crippen molar-refractivity contribution in [2.75, 3.05) is 30.8 Å². The average Bonchev–Trinajstić information content (AvgIpc) is 3.53. The minimum atomic E-state index is -0.510. The molecule has 0 spiro atoms. The van der Waals surface area contributed by atoms with Crippen LogP contribution < -0.4 is 25.4 Å². The molecule has 1 atom stereocenters. The molecule has 0 fully saturated rings. The lowest BCUT2D eigenvalue weighted by molar-refractivity contribution is 0.0947. The lowest BCUT2D eigenvalue weighted by Crippen LogP contribution is -2.31. The number of halogens is 1. The van der Waals surface area contributed by atoms with Crippen molar-refractivity contribution in [2.24, 2.45) is 0 Å². The molecule has 5 heterocycles. The third-order valence-electron chi connectivity index (χ3n) is 6.15. The van der Waals surface area contributed by atoms with Crippen LogP contribution in [0, 0.1) is 5.82 Å². The summed E-state index contributed by atoms with van der Waals surface area (Å²) < 4.78 is 26.1. The third kappa shape index (κ3) is 3.52. The van der Waals surface area contributed by atoms with E-state index < -0.39 is 5.82 Å². The number of carbonyl (C=O) groups excluding carboxylic acids is 1. The predicted molar refractivity (Wildman–Crippen MR) is 127 cm³/mol. The van der Waals surface area contributed by atoms with Crippen LogP contribution in [-0.4, -0.2) is 46.3 Å². The molecule has 0 unspecified atom stereocenters. The number of rotatable bonds is 5. The number of benzene rings is 1. The number of aromatic nitrogens is 4. The molecule has 3 aromatic heterocycles. The zero-order valence-corrected chi connectivity index (χ0v) is 18.7. The summed E-state index contributed by atoms with van der Waals surface area (Å²) in [5.74, 6) is 0.447. The van der Waals surface area contributed by atoms with Crippen molar-refractivity contribution in [2.45, 2.75) is 12.5 Å². The molecular weight excluding hydrogens is 453 g/mol. The first-order valence-electron chi connectivity index (χ1n) is 11.2. The van der Waals surface area contributed by atoms with Crippen LogP contribution in [0.4, 0.5) is 21.6 Å². The Labute approximate surface area is 199 Å². The van der Waals surface area contributed by atoms with Gasteiger partial charge >= 0.3 is 0 Å². The number of carbonyl (C=O) groups is 1. The number of hydrogen-bond donors (Lipinski definition) is 5. The van der Waals surface area contributed by atoms with E-state index >= 15 is 0 Å². The van der Waals surface area contributed by atoms with E-state index in [9.17, 15) is 9.18 Å². The Bertz CT molecular complexity index is 1420. The number of aromatic amines is 2. The van der Waals surface area contributed by atoms with Crippen molar-refractivity contribution in [3.05, 3.63) is 65.5 Å². The molecule has 0 saturated heterocycles. The zero-order chi connectivity index (χ0) is 23.9. The van der Waals surface area contributed by atoms with Crippen molar-refractivity contribution in [1.82, 2.24) is 25.5 Å². The van der Waals surface area contributed by atoms with Gasteiger partial charge in [0.15, 0.2) is 29.2 Å². The highest BCUT2D eigenvalue weighted by atomic mass is 19.1. The Morgan fingerprint density at radius 1 is 1.20 bits per heavy atom. The highest BCUT2D eigenvalue weighted by molar-refractivity contribution is 6.07. The molecule has 35 heavy (non-hydrogen) atoms. The lowest BCUT2D eigenvalue weighted by atomic mass is 10.0. The number of pyridine rings is 1. The van der Waals surface area contributed by atoms with E-state index in [1.165, 1.54) is 13.2 Å². The number of fused-ring (bicyclic) bond motifs is 2. The Morgan fingerprint density at radius 3 is 2.94 bits per heavy atom. The Morgan fingerprint density at radius 2 is 2.11 bits per heavy atom. The standard InChI is InChI=1S/C24H22FN7O3/c1-34-22-13(25)3-2-4-16(22)31-20-18-15(6-9-27-24(18)33)30-19(20)12-5-8-26-23-21(12)35-17(11-28-23)14-7-10-29-32-14/h2-5,7-8,10,17,30-31H,6,9,11H2,1H3,(H,26,28)(H,27,33)(H,29,32)/t17-/m0/s1. The third-order valence-corrected chi connectivity index (χ3v) is 6.15. The molecule has 4 aromatic rings. The fourth-order valence-electron chi connectivity index (χ4n) is 4.54. The van der Waals surface area contributed by atoms with Crippen LogP contribution in [0.1, 0.15) is 27.8 Å². The molecule has 5 N–H and O–H groups in total. The lowest BCUT2D eigenvalue weighted by Gasteiger charge is -2.27. The number of amides is 1. The quantitative estimate of drug-likeness (QED) is 0.299. The molecule has 1 amide bonds. The first kappa shape index (κ1) is 21.0. The largest absolute Gasteiger partial charge is 0.492 e. The summed E-state index contributed by atoms with van der Waals surface area (Å²) in [7, 11) is 1.40. The van der Waals surface area contributed by atoms with Crippen molar-refractivity contribution >= 4 is 23.1 Å². The fraction of sp³-hybridized carbons (Fsp3) is 0.208. The molecule has 11 heteroatoms. The summed E-state index contributed by atoms with van der Waals surface area (Å²) in [6, 6.07) is 8.27. The molecule has 10 nitrogen and oxygen atoms in total. The normalized spacial score (nSPS) is 16.4. The SMILES string of the molecule is COc1c(F)cccc1Nc1c(-c2ccnc3c2O[C@H](c2ccn[nH]2)CN3)[nH]c2c1C(=O)NCC2. The number of para-hydroxylation sites is 1. The maximum Gasteiger partial charge on any atom is 0.255 e. The second kappa shape index (κ2) is 8.35. The molecule has 2 aliphatic rings. The van der Waals surface area contributed by atoms with Crippen LogP contribution in [0.2, 0.25) is 0 Å². The van der Waals surface area contributed by atoms with E-state index in [0.717, 1.165) is 11.4 Å². The number of methoxy groups -OCH3 is 1. The Hall–Kier alpha value is -4.54. The number of anilines is 3. The second-order valence-corrected chi connectivity index (χ2v) is 8.22. The fourth-order valence-corrected chi connectivity index (χ4v) is 4.54. The van der Waals surface area contributed by atoms with Gasteiger partial charge in [-0.3, -0.25) is 9.89 Å². The molecule has 1 aromatic carbocycles. The summed E-state index contributed by atoms with van der Waals surface area (Å²) in [5.41, 5.74) is 4.30. The number of nitrogens with zero attached hydrogens (tertiary/aromatic N) is 2. The second-order valence-electron chi connectivity index (χ2n) is 8.22. The van der Waals surface area contributed by atoms with E-state index in [2.05, 4.69) is 36.1 Å². The predicted octanol–water partition coefficient (Wildman–Crippen LogP) is 3.52. The summed E-state index contributed by atoms with van der Waals surface area (Å²) in [6.07, 6.45) is 3.66. The first-order chi connectivity index (χ1) is 17.1. The van der Waals surface area contributed by atoms with Gasteiger partial charge in [0.25, 0.3) is 5.91 Å². The van der Waals surface area contributed by atoms with E-state index in [0.29, 0.717) is 59.3 Å². The van der Waals surface area contributed by atoms with Gasteiger partial charge in [-0.15, -0.1) is 0 Å². The first-order valence-corrected chi connectivity index (χ1v) is 11.2. The van der Waals surface area contributed by atoms with Gasteiger partial charge in [-0.25, -0.2) is 9.37 Å². The van der Waals surface area contributed by atoms with Gasteiger partial charge in [-0.2, -0.15) is 5.10 Å². The van der Waals surface area contributed by atoms with Gasteiger partial charge in [0.05, 0.1) is 42.0 Å². The molecule has 0 aliphatic carbocycles. The van der Waals surface area contributed by atoms with Crippen LogP contribution in [0.3, 0.4) is 0 Å². The molecule has 0 bridgehead atoms. The van der Waals surface area contributed by atoms with Crippen LogP contribution in [0.15, 0.2) is 42.7 Å². The van der Waals surface area contributed by atoms with Crippen molar-refractivity contribution in [3.63, 3.8) is 0 Å². The van der Waals surface area contributed by atoms with Crippen LogP contribution in [0.5, 0.6) is 11.5 Å². The van der Waals surface area contributed by atoms with E-state index in [1.54, 1.807) is 24.5 Å². The van der Waals surface area contributed by atoms with Gasteiger partial charge in [0, 0.05) is 36.6 Å². The van der Waals surface area contributed by atoms with Crippen molar-refractivity contribution < 1.29 is 18.7 Å². The van der Waals surface area contributed by atoms with Gasteiger partial charge in [0.2, 0.25) is 0 Å². The van der Waals surface area contributed by atoms with Crippen LogP contribution in [0.25, 0.3) is 11.3 Å². The highest BCUT2D eigenvalue weighted by Crippen LogP contribution is 2.46. The monoisotopic (exact) mass is 475 g/mol. The van der Waals surface area contributed by atoms with Crippen LogP contribution >= 0.6 is 0 Å². The van der Waals surface area contributed by atoms with Gasteiger partial charge in [-0.05, 0) is 24.3 Å². The maximum absolute atomic E-state index is 14.4. The number of hydrogen-bond acceptors (Lipinski definition) is 7. The van der Waals surface area contributed by atoms with E-state index in [-0.39, 0.29) is 17.8 Å². The number of ether oxygens (including phenoxy) is 2. The van der Waals surface area contributed by atoms with Gasteiger partial charge < -0.3 is 30.4 Å². The number of H-pyrrole nitrogens is 2. The average molecular weight is 475 g/mol. The maximum atomic E-state index is 14.4. The Kier molecular flexibility index (Phi) is 5.02. The summed E-state index contributed by atoms with van der Waals surface area (Å²) in [4.78, 5) is 20.7. The Balaban J connectivity index is 1.50. The highest BCUT2D eigenvalue weighted by Gasteiger charge is 2.32. The van der Waals surface area contributed by atoms with Gasteiger partial charge in [0.1, 0.15) is 0 Å². The summed E-state index contributed by atoms with van der Waals surface area (Å²) in [5, 5.41) is 16.4. The van der Waals surface area contributed by atoms with Crippen molar-refractivity contribution in [1.29, 1.82) is 0 Å². The minimum Gasteiger partial charge on any atom is -0.492 e. The molecule has 2 aliphatic heterocycles. The molecular formula is C24H22FN7O3. The summed E-state index contributed by atoms with van der Waals surface area (Å²) in [6.45, 7) is 1.03. The molecule has 0 radical (unpaired) electrons. The number of nitrogens with one attached hydrogen (secondary N) is 5. The van der Waals surface area contributed by atoms with E-state index in [4.69, 9.17) is 9.47 Å². The van der Waals surface area contributed by atoms with Gasteiger partial charge in [-0.1, -0.05) is 6.07 Å². The molecule has 178 valence electrons.